The van der Waals surface area contributed by atoms with E-state index in [1.807, 2.05) is 24.3 Å². The number of halogens is 1. The van der Waals surface area contributed by atoms with Gasteiger partial charge in [0.05, 0.1) is 17.6 Å². The minimum absolute atomic E-state index is 0.0516. The van der Waals surface area contributed by atoms with Crippen LogP contribution in [0.3, 0.4) is 0 Å². The molecular weight excluding hydrogens is 340 g/mol. The first kappa shape index (κ1) is 14.1. The Morgan fingerprint density at radius 3 is 2.86 bits per heavy atom. The Hall–Kier alpha value is -1.86. The lowest BCUT2D eigenvalue weighted by Gasteiger charge is -2.30. The summed E-state index contributed by atoms with van der Waals surface area (Å²) >= 11 is 3.44. The third-order valence-corrected chi connectivity index (χ3v) is 4.31. The summed E-state index contributed by atoms with van der Waals surface area (Å²) in [7, 11) is 0. The molecule has 0 bridgehead atoms. The van der Waals surface area contributed by atoms with Crippen LogP contribution in [-0.4, -0.2) is 52.7 Å². The number of carboxylic acid groups (broad SMARTS) is 1. The van der Waals surface area contributed by atoms with Gasteiger partial charge < -0.3 is 19.7 Å². The average molecular weight is 353 g/mol. The van der Waals surface area contributed by atoms with E-state index >= 15 is 0 Å². The Kier molecular flexibility index (Phi) is 3.69. The summed E-state index contributed by atoms with van der Waals surface area (Å²) < 4.78 is 5.83. The molecule has 0 aliphatic carbocycles. The number of amides is 1. The van der Waals surface area contributed by atoms with Crippen LogP contribution >= 0.6 is 15.9 Å². The molecule has 1 amide bonds. The number of carboxylic acids is 1. The molecule has 3 rings (SSSR count). The topological polar surface area (TPSA) is 82.6 Å². The molecule has 1 aliphatic rings. The van der Waals surface area contributed by atoms with E-state index in [1.54, 1.807) is 0 Å². The summed E-state index contributed by atoms with van der Waals surface area (Å²) in [4.78, 5) is 28.1. The lowest BCUT2D eigenvalue weighted by molar-refractivity contribution is -0.154. The number of ether oxygens (including phenoxy) is 1. The summed E-state index contributed by atoms with van der Waals surface area (Å²) in [6.07, 6.45) is -0.967. The highest BCUT2D eigenvalue weighted by Gasteiger charge is 2.31. The number of para-hydroxylation sites is 1. The fraction of sp³-hybridized carbons (Fsp3) is 0.286. The predicted molar refractivity (Wildman–Crippen MR) is 79.3 cm³/mol. The number of nitrogens with zero attached hydrogens (tertiary/aromatic N) is 1. The number of rotatable bonds is 2. The third-order valence-electron chi connectivity index (χ3n) is 3.49. The molecule has 1 aromatic carbocycles. The maximum Gasteiger partial charge on any atom is 0.334 e. The lowest BCUT2D eigenvalue weighted by atomic mass is 10.2. The van der Waals surface area contributed by atoms with Gasteiger partial charge in [-0.2, -0.15) is 0 Å². The summed E-state index contributed by atoms with van der Waals surface area (Å²) in [6, 6.07) is 7.57. The fourth-order valence-electron chi connectivity index (χ4n) is 2.40. The maximum atomic E-state index is 12.6. The van der Waals surface area contributed by atoms with Crippen molar-refractivity contribution >= 4 is 38.7 Å². The minimum atomic E-state index is -1.05. The Morgan fingerprint density at radius 2 is 2.14 bits per heavy atom. The number of hydrogen-bond acceptors (Lipinski definition) is 3. The van der Waals surface area contributed by atoms with Crippen LogP contribution in [0.15, 0.2) is 28.7 Å². The van der Waals surface area contributed by atoms with Crippen molar-refractivity contribution in [2.45, 2.75) is 6.10 Å². The zero-order chi connectivity index (χ0) is 15.0. The zero-order valence-corrected chi connectivity index (χ0v) is 12.6. The van der Waals surface area contributed by atoms with Gasteiger partial charge in [0.2, 0.25) is 0 Å². The van der Waals surface area contributed by atoms with Gasteiger partial charge in [0.15, 0.2) is 6.10 Å². The van der Waals surface area contributed by atoms with Crippen LogP contribution in [0.25, 0.3) is 10.9 Å². The number of carbonyl (C=O) groups is 2. The van der Waals surface area contributed by atoms with Crippen LogP contribution in [-0.2, 0) is 9.53 Å². The molecular formula is C14H13BrN2O4. The number of aromatic nitrogens is 1. The zero-order valence-electron chi connectivity index (χ0n) is 11.0. The van der Waals surface area contributed by atoms with Crippen molar-refractivity contribution in [3.63, 3.8) is 0 Å². The molecule has 2 aromatic rings. The molecule has 7 heteroatoms. The summed E-state index contributed by atoms with van der Waals surface area (Å²) in [5.74, 6) is -1.28. The molecule has 1 saturated heterocycles. The highest BCUT2D eigenvalue weighted by Crippen LogP contribution is 2.28. The fourth-order valence-corrected chi connectivity index (χ4v) is 3.01. The number of aromatic amines is 1. The normalized spacial score (nSPS) is 18.9. The number of nitrogens with one attached hydrogen (secondary N) is 1. The van der Waals surface area contributed by atoms with Crippen LogP contribution in [0, 0.1) is 0 Å². The van der Waals surface area contributed by atoms with Crippen LogP contribution in [0.5, 0.6) is 0 Å². The van der Waals surface area contributed by atoms with E-state index in [0.29, 0.717) is 16.7 Å². The van der Waals surface area contributed by atoms with Gasteiger partial charge in [-0.15, -0.1) is 0 Å². The van der Waals surface area contributed by atoms with Crippen LogP contribution in [0.4, 0.5) is 0 Å². The first-order chi connectivity index (χ1) is 10.1. The molecule has 1 fully saturated rings. The lowest BCUT2D eigenvalue weighted by Crippen LogP contribution is -2.48. The van der Waals surface area contributed by atoms with Crippen LogP contribution < -0.4 is 0 Å². The molecule has 1 aromatic heterocycles. The number of hydrogen-bond donors (Lipinski definition) is 2. The van der Waals surface area contributed by atoms with Crippen LogP contribution in [0.2, 0.25) is 0 Å². The molecule has 110 valence electrons. The second-order valence-corrected chi connectivity index (χ2v) is 5.60. The van der Waals surface area contributed by atoms with Gasteiger partial charge >= 0.3 is 5.97 Å². The molecule has 1 unspecified atom stereocenters. The Balaban J connectivity index is 1.90. The van der Waals surface area contributed by atoms with Gasteiger partial charge in [0.25, 0.3) is 5.91 Å². The van der Waals surface area contributed by atoms with E-state index in [4.69, 9.17) is 9.84 Å². The Labute approximate surface area is 128 Å². The van der Waals surface area contributed by atoms with E-state index in [-0.39, 0.29) is 19.1 Å². The summed E-state index contributed by atoms with van der Waals surface area (Å²) in [5, 5.41) is 9.92. The third kappa shape index (κ3) is 2.54. The van der Waals surface area contributed by atoms with Gasteiger partial charge in [-0.05, 0) is 22.0 Å². The standard InChI is InChI=1S/C14H13BrN2O4/c15-11-8-3-1-2-4-9(8)16-12(11)13(18)17-5-6-21-10(7-17)14(19)20/h1-4,10,16H,5-7H2,(H,19,20). The molecule has 2 N–H and O–H groups in total. The van der Waals surface area contributed by atoms with Crippen molar-refractivity contribution in [3.8, 4) is 0 Å². The Morgan fingerprint density at radius 1 is 1.38 bits per heavy atom. The number of morpholine rings is 1. The molecule has 6 nitrogen and oxygen atoms in total. The van der Waals surface area contributed by atoms with E-state index < -0.39 is 12.1 Å². The summed E-state index contributed by atoms with van der Waals surface area (Å²) in [6.45, 7) is 0.654. The second-order valence-electron chi connectivity index (χ2n) is 4.81. The first-order valence-electron chi connectivity index (χ1n) is 6.48. The van der Waals surface area contributed by atoms with Gasteiger partial charge in [0, 0.05) is 17.4 Å². The largest absolute Gasteiger partial charge is 0.479 e. The molecule has 2 heterocycles. The average Bonchev–Trinajstić information content (AvgIpc) is 2.84. The monoisotopic (exact) mass is 352 g/mol. The SMILES string of the molecule is O=C(O)C1CN(C(=O)c2[nH]c3ccccc3c2Br)CCO1. The molecule has 21 heavy (non-hydrogen) atoms. The highest BCUT2D eigenvalue weighted by molar-refractivity contribution is 9.10. The number of fused-ring (bicyclic) bond motifs is 1. The van der Waals surface area contributed by atoms with Crippen molar-refractivity contribution in [2.24, 2.45) is 0 Å². The van der Waals surface area contributed by atoms with Crippen molar-refractivity contribution < 1.29 is 19.4 Å². The van der Waals surface area contributed by atoms with Gasteiger partial charge in [-0.1, -0.05) is 18.2 Å². The number of benzene rings is 1. The number of carbonyl (C=O) groups excluding carboxylic acids is 1. The van der Waals surface area contributed by atoms with Crippen molar-refractivity contribution in [3.05, 3.63) is 34.4 Å². The Bertz CT molecular complexity index is 712. The van der Waals surface area contributed by atoms with Crippen molar-refractivity contribution in [1.29, 1.82) is 0 Å². The molecule has 0 spiro atoms. The predicted octanol–water partition coefficient (Wildman–Crippen LogP) is 1.86. The molecule has 0 radical (unpaired) electrons. The molecule has 0 saturated carbocycles. The van der Waals surface area contributed by atoms with E-state index in [1.165, 1.54) is 4.90 Å². The van der Waals surface area contributed by atoms with E-state index in [0.717, 1.165) is 10.9 Å². The molecule has 1 aliphatic heterocycles. The smallest absolute Gasteiger partial charge is 0.334 e. The molecule has 1 atom stereocenters. The van der Waals surface area contributed by atoms with E-state index in [9.17, 15) is 9.59 Å². The quantitative estimate of drug-likeness (QED) is 0.863. The minimum Gasteiger partial charge on any atom is -0.479 e. The summed E-state index contributed by atoms with van der Waals surface area (Å²) in [5.41, 5.74) is 1.29. The van der Waals surface area contributed by atoms with Gasteiger partial charge in [-0.3, -0.25) is 4.79 Å². The van der Waals surface area contributed by atoms with Crippen molar-refractivity contribution in [2.75, 3.05) is 19.7 Å². The highest BCUT2D eigenvalue weighted by atomic mass is 79.9. The van der Waals surface area contributed by atoms with E-state index in [2.05, 4.69) is 20.9 Å². The number of H-pyrrole nitrogens is 1. The van der Waals surface area contributed by atoms with Gasteiger partial charge in [-0.25, -0.2) is 4.79 Å². The first-order valence-corrected chi connectivity index (χ1v) is 7.27. The van der Waals surface area contributed by atoms with Crippen molar-refractivity contribution in [1.82, 2.24) is 9.88 Å². The van der Waals surface area contributed by atoms with Gasteiger partial charge in [0.1, 0.15) is 5.69 Å². The number of aliphatic carboxylic acids is 1. The van der Waals surface area contributed by atoms with Crippen LogP contribution in [0.1, 0.15) is 10.5 Å². The maximum absolute atomic E-state index is 12.6. The second kappa shape index (κ2) is 5.50.